The van der Waals surface area contributed by atoms with Gasteiger partial charge in [-0.25, -0.2) is 4.79 Å². The molecule has 0 saturated carbocycles. The number of carboxylic acids is 1. The van der Waals surface area contributed by atoms with Crippen molar-refractivity contribution >= 4 is 11.7 Å². The van der Waals surface area contributed by atoms with Crippen molar-refractivity contribution in [1.29, 1.82) is 0 Å². The maximum absolute atomic E-state index is 10.7. The molecule has 17 heavy (non-hydrogen) atoms. The Morgan fingerprint density at radius 1 is 1.53 bits per heavy atom. The third kappa shape index (κ3) is 3.29. The van der Waals surface area contributed by atoms with E-state index in [1.165, 1.54) is 19.3 Å². The summed E-state index contributed by atoms with van der Waals surface area (Å²) in [7, 11) is 0. The highest BCUT2D eigenvalue weighted by Crippen LogP contribution is 2.19. The van der Waals surface area contributed by atoms with Gasteiger partial charge in [-0.3, -0.25) is 4.98 Å². The van der Waals surface area contributed by atoms with Gasteiger partial charge >= 0.3 is 5.97 Å². The first-order chi connectivity index (χ1) is 7.84. The molecule has 0 fully saturated rings. The first-order valence-corrected chi connectivity index (χ1v) is 5.11. The van der Waals surface area contributed by atoms with E-state index in [1.807, 2.05) is 0 Å². The van der Waals surface area contributed by atoms with Gasteiger partial charge in [-0.05, 0) is 31.4 Å². The zero-order chi connectivity index (χ0) is 13.1. The standard InChI is InChI=1S/C12H15NO4/c1-8(14)10-7-13-6-4-9(10)3-5-12(2,17)11(15)16/h4,6-7,14,17H,1,3,5H2,2H3,(H,15,16). The van der Waals surface area contributed by atoms with E-state index >= 15 is 0 Å². The predicted octanol–water partition coefficient (Wildman–Crippen LogP) is 1.38. The predicted molar refractivity (Wildman–Crippen MR) is 62.5 cm³/mol. The summed E-state index contributed by atoms with van der Waals surface area (Å²) in [5, 5.41) is 27.7. The maximum Gasteiger partial charge on any atom is 0.335 e. The van der Waals surface area contributed by atoms with Crippen molar-refractivity contribution in [3.63, 3.8) is 0 Å². The van der Waals surface area contributed by atoms with Crippen molar-refractivity contribution in [1.82, 2.24) is 4.98 Å². The molecule has 0 aliphatic rings. The number of aliphatic hydroxyl groups is 2. The van der Waals surface area contributed by atoms with Gasteiger partial charge in [-0.1, -0.05) is 6.58 Å². The first-order valence-electron chi connectivity index (χ1n) is 5.11. The molecule has 1 unspecified atom stereocenters. The topological polar surface area (TPSA) is 90.7 Å². The summed E-state index contributed by atoms with van der Waals surface area (Å²) in [6, 6.07) is 1.66. The molecule has 0 spiro atoms. The van der Waals surface area contributed by atoms with Gasteiger partial charge in [0, 0.05) is 18.0 Å². The van der Waals surface area contributed by atoms with Crippen molar-refractivity contribution in [2.75, 3.05) is 0 Å². The lowest BCUT2D eigenvalue weighted by Crippen LogP contribution is -2.35. The molecule has 3 N–H and O–H groups in total. The Labute approximate surface area is 99.1 Å². The molecule has 1 rings (SSSR count). The molecule has 1 heterocycles. The normalized spacial score (nSPS) is 14.0. The van der Waals surface area contributed by atoms with Crippen LogP contribution in [0.5, 0.6) is 0 Å². The molecule has 0 aliphatic heterocycles. The number of carbonyl (C=O) groups is 1. The number of nitrogens with zero attached hydrogens (tertiary/aromatic N) is 1. The van der Waals surface area contributed by atoms with Crippen LogP contribution in [0.25, 0.3) is 5.76 Å². The van der Waals surface area contributed by atoms with Crippen molar-refractivity contribution in [3.05, 3.63) is 36.2 Å². The van der Waals surface area contributed by atoms with Crippen LogP contribution in [0, 0.1) is 0 Å². The highest BCUT2D eigenvalue weighted by atomic mass is 16.4. The van der Waals surface area contributed by atoms with Crippen molar-refractivity contribution in [2.24, 2.45) is 0 Å². The molecule has 1 atom stereocenters. The Hall–Kier alpha value is -1.88. The molecule has 0 aromatic carbocycles. The molecular formula is C12H15NO4. The third-order valence-corrected chi connectivity index (χ3v) is 2.56. The van der Waals surface area contributed by atoms with E-state index in [-0.39, 0.29) is 12.2 Å². The Kier molecular flexibility index (Phi) is 3.85. The average Bonchev–Trinajstić information content (AvgIpc) is 2.26. The summed E-state index contributed by atoms with van der Waals surface area (Å²) in [5.74, 6) is -1.39. The fourth-order valence-corrected chi connectivity index (χ4v) is 1.39. The van der Waals surface area contributed by atoms with E-state index in [0.717, 1.165) is 0 Å². The van der Waals surface area contributed by atoms with E-state index in [4.69, 9.17) is 5.11 Å². The number of aliphatic hydroxyl groups excluding tert-OH is 1. The Morgan fingerprint density at radius 3 is 2.71 bits per heavy atom. The van der Waals surface area contributed by atoms with E-state index in [0.29, 0.717) is 17.5 Å². The Balaban J connectivity index is 2.83. The highest BCUT2D eigenvalue weighted by Gasteiger charge is 2.29. The zero-order valence-electron chi connectivity index (χ0n) is 9.55. The summed E-state index contributed by atoms with van der Waals surface area (Å²) >= 11 is 0. The van der Waals surface area contributed by atoms with Gasteiger partial charge in [0.25, 0.3) is 0 Å². The molecule has 1 aromatic rings. The number of hydrogen-bond donors (Lipinski definition) is 3. The van der Waals surface area contributed by atoms with Crippen LogP contribution in [0.2, 0.25) is 0 Å². The van der Waals surface area contributed by atoms with Gasteiger partial charge in [0.2, 0.25) is 0 Å². The minimum absolute atomic E-state index is 0.0482. The molecule has 0 aliphatic carbocycles. The number of hydrogen-bond acceptors (Lipinski definition) is 4. The van der Waals surface area contributed by atoms with Gasteiger partial charge in [-0.15, -0.1) is 0 Å². The fourth-order valence-electron chi connectivity index (χ4n) is 1.39. The molecule has 1 aromatic heterocycles. The quantitative estimate of drug-likeness (QED) is 0.673. The molecule has 0 amide bonds. The lowest BCUT2D eigenvalue weighted by Gasteiger charge is -2.18. The molecular weight excluding hydrogens is 222 g/mol. The van der Waals surface area contributed by atoms with Gasteiger partial charge in [-0.2, -0.15) is 0 Å². The summed E-state index contributed by atoms with van der Waals surface area (Å²) in [6.07, 6.45) is 3.35. The number of aromatic nitrogens is 1. The van der Waals surface area contributed by atoms with Gasteiger partial charge in [0.05, 0.1) is 0 Å². The summed E-state index contributed by atoms with van der Waals surface area (Å²) in [6.45, 7) is 4.64. The van der Waals surface area contributed by atoms with E-state index < -0.39 is 11.6 Å². The lowest BCUT2D eigenvalue weighted by molar-refractivity contribution is -0.157. The SMILES string of the molecule is C=C(O)c1cnccc1CCC(C)(O)C(=O)O. The number of rotatable bonds is 5. The third-order valence-electron chi connectivity index (χ3n) is 2.56. The van der Waals surface area contributed by atoms with E-state index in [2.05, 4.69) is 11.6 Å². The van der Waals surface area contributed by atoms with Crippen LogP contribution in [0.15, 0.2) is 25.0 Å². The second kappa shape index (κ2) is 4.97. The molecule has 92 valence electrons. The maximum atomic E-state index is 10.7. The van der Waals surface area contributed by atoms with E-state index in [1.54, 1.807) is 6.07 Å². The van der Waals surface area contributed by atoms with Gasteiger partial charge in [0.15, 0.2) is 5.60 Å². The summed E-state index contributed by atoms with van der Waals surface area (Å²) < 4.78 is 0. The lowest BCUT2D eigenvalue weighted by atomic mass is 9.95. The number of pyridine rings is 1. The monoisotopic (exact) mass is 237 g/mol. The molecule has 0 radical (unpaired) electrons. The number of aryl methyl sites for hydroxylation is 1. The summed E-state index contributed by atoms with van der Waals surface area (Å²) in [4.78, 5) is 14.6. The van der Waals surface area contributed by atoms with Crippen molar-refractivity contribution in [2.45, 2.75) is 25.4 Å². The van der Waals surface area contributed by atoms with Crippen LogP contribution >= 0.6 is 0 Å². The largest absolute Gasteiger partial charge is 0.508 e. The average molecular weight is 237 g/mol. The van der Waals surface area contributed by atoms with Crippen LogP contribution in [0.3, 0.4) is 0 Å². The highest BCUT2D eigenvalue weighted by molar-refractivity contribution is 5.76. The number of carboxylic acid groups (broad SMARTS) is 1. The van der Waals surface area contributed by atoms with E-state index in [9.17, 15) is 15.0 Å². The zero-order valence-corrected chi connectivity index (χ0v) is 9.55. The molecule has 5 nitrogen and oxygen atoms in total. The summed E-state index contributed by atoms with van der Waals surface area (Å²) in [5.41, 5.74) is -0.611. The number of aliphatic carboxylic acids is 1. The minimum Gasteiger partial charge on any atom is -0.508 e. The van der Waals surface area contributed by atoms with Gasteiger partial charge in [0.1, 0.15) is 5.76 Å². The fraction of sp³-hybridized carbons (Fsp3) is 0.333. The van der Waals surface area contributed by atoms with Crippen LogP contribution in [-0.4, -0.2) is 31.9 Å². The van der Waals surface area contributed by atoms with Crippen LogP contribution in [0.1, 0.15) is 24.5 Å². The first kappa shape index (κ1) is 13.2. The second-order valence-corrected chi connectivity index (χ2v) is 4.06. The Morgan fingerprint density at radius 2 is 2.18 bits per heavy atom. The van der Waals surface area contributed by atoms with Crippen LogP contribution in [0.4, 0.5) is 0 Å². The van der Waals surface area contributed by atoms with Crippen molar-refractivity contribution < 1.29 is 20.1 Å². The Bertz CT molecular complexity index is 440. The van der Waals surface area contributed by atoms with Gasteiger partial charge < -0.3 is 15.3 Å². The smallest absolute Gasteiger partial charge is 0.335 e. The minimum atomic E-state index is -1.78. The molecule has 5 heteroatoms. The molecule has 0 saturated heterocycles. The molecule has 0 bridgehead atoms. The van der Waals surface area contributed by atoms with Crippen LogP contribution < -0.4 is 0 Å². The van der Waals surface area contributed by atoms with Crippen LogP contribution in [-0.2, 0) is 11.2 Å². The van der Waals surface area contributed by atoms with Crippen molar-refractivity contribution in [3.8, 4) is 0 Å². The second-order valence-electron chi connectivity index (χ2n) is 4.06.